The molecule has 4 aromatic rings. The third-order valence-corrected chi connectivity index (χ3v) is 10.5. The Hall–Kier alpha value is -5.78. The van der Waals surface area contributed by atoms with Crippen molar-refractivity contribution in [3.63, 3.8) is 0 Å². The number of rotatable bonds is 11. The van der Waals surface area contributed by atoms with Gasteiger partial charge in [0.25, 0.3) is 11.8 Å². The van der Waals surface area contributed by atoms with E-state index < -0.39 is 29.7 Å². The third kappa shape index (κ3) is 6.15. The van der Waals surface area contributed by atoms with Gasteiger partial charge in [0.05, 0.1) is 23.9 Å². The number of nitrogens with zero attached hydrogens (tertiary/aromatic N) is 3. The maximum atomic E-state index is 13.2. The predicted molar refractivity (Wildman–Crippen MR) is 185 cm³/mol. The van der Waals surface area contributed by atoms with E-state index in [2.05, 4.69) is 57.0 Å². The van der Waals surface area contributed by atoms with Gasteiger partial charge in [0.1, 0.15) is 30.3 Å². The first-order valence-corrected chi connectivity index (χ1v) is 17.3. The van der Waals surface area contributed by atoms with Gasteiger partial charge in [0.2, 0.25) is 11.8 Å². The molecule has 2 saturated carbocycles. The van der Waals surface area contributed by atoms with Gasteiger partial charge in [0.15, 0.2) is 0 Å². The molecule has 0 radical (unpaired) electrons. The van der Waals surface area contributed by atoms with Gasteiger partial charge in [-0.15, -0.1) is 0 Å². The molecule has 2 aliphatic carbocycles. The molecule has 4 amide bonds. The summed E-state index contributed by atoms with van der Waals surface area (Å²) in [5.41, 5.74) is 4.52. The molecule has 1 aromatic heterocycles. The molecule has 2 aliphatic heterocycles. The van der Waals surface area contributed by atoms with E-state index in [9.17, 15) is 19.2 Å². The maximum Gasteiger partial charge on any atom is 0.316 e. The Kier molecular flexibility index (Phi) is 8.37. The van der Waals surface area contributed by atoms with Crippen molar-refractivity contribution in [1.82, 2.24) is 20.2 Å². The van der Waals surface area contributed by atoms with Crippen molar-refractivity contribution in [2.75, 3.05) is 12.4 Å². The number of hydrogen-bond donors (Lipinski definition) is 2. The molecule has 0 bridgehead atoms. The predicted octanol–water partition coefficient (Wildman–Crippen LogP) is 4.96. The summed E-state index contributed by atoms with van der Waals surface area (Å²) in [6.07, 6.45) is 6.85. The maximum absolute atomic E-state index is 13.2. The van der Waals surface area contributed by atoms with Crippen LogP contribution in [0.25, 0.3) is 0 Å². The van der Waals surface area contributed by atoms with E-state index >= 15 is 0 Å². The number of ether oxygens (including phenoxy) is 3. The lowest BCUT2D eigenvalue weighted by molar-refractivity contribution is -0.136. The lowest BCUT2D eigenvalue weighted by atomic mass is 9.60. The van der Waals surface area contributed by atoms with Crippen molar-refractivity contribution in [3.05, 3.63) is 107 Å². The second-order valence-electron chi connectivity index (χ2n) is 13.6. The van der Waals surface area contributed by atoms with E-state index in [0.717, 1.165) is 53.5 Å². The molecule has 8 rings (SSSR count). The Balaban J connectivity index is 0.843. The van der Waals surface area contributed by atoms with E-state index in [-0.39, 0.29) is 41.5 Å². The van der Waals surface area contributed by atoms with Gasteiger partial charge in [-0.25, -0.2) is 4.98 Å². The number of methoxy groups -OCH3 is 1. The summed E-state index contributed by atoms with van der Waals surface area (Å²) < 4.78 is 17.4. The highest BCUT2D eigenvalue weighted by atomic mass is 16.5. The monoisotopic (exact) mass is 687 g/mol. The molecule has 4 aliphatic rings. The van der Waals surface area contributed by atoms with Crippen LogP contribution in [0.4, 0.5) is 5.69 Å². The zero-order valence-corrected chi connectivity index (χ0v) is 28.1. The molecular formula is C39H37N5O7. The molecular weight excluding hydrogens is 650 g/mol. The summed E-state index contributed by atoms with van der Waals surface area (Å²) >= 11 is 0. The summed E-state index contributed by atoms with van der Waals surface area (Å²) in [5, 5.41) is 5.67. The highest BCUT2D eigenvalue weighted by Gasteiger charge is 2.45. The van der Waals surface area contributed by atoms with Crippen LogP contribution in [-0.2, 0) is 21.6 Å². The SMILES string of the molecule is COc1nccc(COc2ccc(C3(c4ccc(O[C@H]5C[C@H](Nc6ccc7c(c6)C(=O)N(C6CCC(=O)NC6=O)C7=O)C5)cc4)CCC3)cc2)n1. The fourth-order valence-corrected chi connectivity index (χ4v) is 7.48. The van der Waals surface area contributed by atoms with Gasteiger partial charge < -0.3 is 19.5 Å². The minimum absolute atomic E-state index is 0.0245. The van der Waals surface area contributed by atoms with Crippen molar-refractivity contribution in [3.8, 4) is 17.5 Å². The van der Waals surface area contributed by atoms with E-state index in [0.29, 0.717) is 12.6 Å². The average Bonchev–Trinajstić information content (AvgIpc) is 3.35. The number of amides is 4. The first-order valence-electron chi connectivity index (χ1n) is 17.3. The third-order valence-electron chi connectivity index (χ3n) is 10.5. The molecule has 12 nitrogen and oxygen atoms in total. The Labute approximate surface area is 294 Å². The Bertz CT molecular complexity index is 2010. The number of aromatic nitrogens is 2. The zero-order chi connectivity index (χ0) is 35.1. The van der Waals surface area contributed by atoms with Crippen molar-refractivity contribution < 1.29 is 33.4 Å². The van der Waals surface area contributed by atoms with Crippen LogP contribution in [-0.4, -0.2) is 63.8 Å². The first kappa shape index (κ1) is 32.4. The number of carbonyl (C=O) groups excluding carboxylic acids is 4. The molecule has 260 valence electrons. The van der Waals surface area contributed by atoms with Gasteiger partial charge in [0, 0.05) is 42.6 Å². The van der Waals surface area contributed by atoms with Crippen LogP contribution in [0.5, 0.6) is 17.5 Å². The summed E-state index contributed by atoms with van der Waals surface area (Å²) in [4.78, 5) is 59.4. The standard InChI is InChI=1S/C39H37N5O7/c1-49-38-40-18-15-26(42-38)22-50-28-8-3-23(4-9-28)39(16-2-17-39)24-5-10-29(11-6-24)51-30-19-27(20-30)41-25-7-12-31-32(21-25)37(48)44(36(31)47)33-13-14-34(45)43-35(33)46/h3-12,15,18,21,27,30,33,41H,2,13-14,16-17,19-20,22H2,1H3,(H,43,45,46)/t27-,30-,33?. The van der Waals surface area contributed by atoms with E-state index in [1.165, 1.54) is 24.7 Å². The van der Waals surface area contributed by atoms with E-state index in [1.807, 2.05) is 12.1 Å². The number of benzene rings is 3. The van der Waals surface area contributed by atoms with Gasteiger partial charge in [-0.2, -0.15) is 4.98 Å². The number of imide groups is 2. The zero-order valence-electron chi connectivity index (χ0n) is 28.1. The Morgan fingerprint density at radius 1 is 0.882 bits per heavy atom. The average molecular weight is 688 g/mol. The van der Waals surface area contributed by atoms with Crippen LogP contribution < -0.4 is 24.8 Å². The topological polar surface area (TPSA) is 149 Å². The van der Waals surface area contributed by atoms with Gasteiger partial charge in [-0.1, -0.05) is 30.7 Å². The fraction of sp³-hybridized carbons (Fsp3) is 0.333. The molecule has 0 spiro atoms. The van der Waals surface area contributed by atoms with Crippen molar-refractivity contribution in [2.45, 2.75) is 75.2 Å². The number of nitrogens with one attached hydrogen (secondary N) is 2. The molecule has 1 saturated heterocycles. The number of hydrogen-bond acceptors (Lipinski definition) is 10. The molecule has 3 heterocycles. The van der Waals surface area contributed by atoms with Gasteiger partial charge >= 0.3 is 6.01 Å². The fourth-order valence-electron chi connectivity index (χ4n) is 7.48. The smallest absolute Gasteiger partial charge is 0.316 e. The number of carbonyl (C=O) groups is 4. The molecule has 3 aromatic carbocycles. The van der Waals surface area contributed by atoms with Crippen LogP contribution in [0.2, 0.25) is 0 Å². The summed E-state index contributed by atoms with van der Waals surface area (Å²) in [7, 11) is 1.54. The van der Waals surface area contributed by atoms with Crippen molar-refractivity contribution in [2.24, 2.45) is 0 Å². The number of piperidine rings is 1. The Morgan fingerprint density at radius 3 is 2.25 bits per heavy atom. The second-order valence-corrected chi connectivity index (χ2v) is 13.6. The minimum atomic E-state index is -0.982. The normalized spacial score (nSPS) is 22.0. The van der Waals surface area contributed by atoms with Crippen LogP contribution in [0.1, 0.15) is 82.5 Å². The van der Waals surface area contributed by atoms with Crippen LogP contribution in [0.3, 0.4) is 0 Å². The molecule has 51 heavy (non-hydrogen) atoms. The number of fused-ring (bicyclic) bond motifs is 1. The van der Waals surface area contributed by atoms with Crippen LogP contribution >= 0.6 is 0 Å². The lowest BCUT2D eigenvalue weighted by Crippen LogP contribution is -2.54. The Morgan fingerprint density at radius 2 is 1.59 bits per heavy atom. The second kappa shape index (κ2) is 13.2. The lowest BCUT2D eigenvalue weighted by Gasteiger charge is -2.43. The van der Waals surface area contributed by atoms with Crippen LogP contribution in [0, 0.1) is 0 Å². The summed E-state index contributed by atoms with van der Waals surface area (Å²) in [5.74, 6) is -0.438. The van der Waals surface area contributed by atoms with E-state index in [4.69, 9.17) is 14.2 Å². The molecule has 12 heteroatoms. The number of anilines is 1. The van der Waals surface area contributed by atoms with Gasteiger partial charge in [-0.05, 0) is 78.9 Å². The first-order chi connectivity index (χ1) is 24.8. The summed E-state index contributed by atoms with van der Waals surface area (Å²) in [6.45, 7) is 0.326. The van der Waals surface area contributed by atoms with Crippen LogP contribution in [0.15, 0.2) is 79.0 Å². The van der Waals surface area contributed by atoms with Crippen molar-refractivity contribution in [1.29, 1.82) is 0 Å². The summed E-state index contributed by atoms with van der Waals surface area (Å²) in [6, 6.07) is 23.2. The van der Waals surface area contributed by atoms with E-state index in [1.54, 1.807) is 30.5 Å². The quantitative estimate of drug-likeness (QED) is 0.207. The molecule has 3 fully saturated rings. The highest BCUT2D eigenvalue weighted by molar-refractivity contribution is 6.23. The largest absolute Gasteiger partial charge is 0.490 e. The highest BCUT2D eigenvalue weighted by Crippen LogP contribution is 2.49. The molecule has 2 N–H and O–H groups in total. The van der Waals surface area contributed by atoms with Crippen molar-refractivity contribution >= 4 is 29.3 Å². The molecule has 1 atom stereocenters. The minimum Gasteiger partial charge on any atom is -0.490 e. The molecule has 1 unspecified atom stereocenters. The van der Waals surface area contributed by atoms with Gasteiger partial charge in [-0.3, -0.25) is 29.4 Å².